The van der Waals surface area contributed by atoms with Crippen molar-refractivity contribution in [3.63, 3.8) is 0 Å². The maximum absolute atomic E-state index is 12.6. The molecule has 0 spiro atoms. The van der Waals surface area contributed by atoms with Crippen molar-refractivity contribution in [1.29, 1.82) is 0 Å². The first-order valence-electron chi connectivity index (χ1n) is 7.80. The summed E-state index contributed by atoms with van der Waals surface area (Å²) in [6.07, 6.45) is 5.80. The zero-order valence-corrected chi connectivity index (χ0v) is 13.6. The Morgan fingerprint density at radius 3 is 2.75 bits per heavy atom. The molecule has 1 aromatic heterocycles. The second-order valence-corrected chi connectivity index (χ2v) is 6.62. The molecular weight excluding hydrogens is 268 g/mol. The van der Waals surface area contributed by atoms with Gasteiger partial charge >= 0.3 is 0 Å². The molecule has 2 heterocycles. The van der Waals surface area contributed by atoms with Crippen LogP contribution in [0.1, 0.15) is 63.9 Å². The Morgan fingerprint density at radius 2 is 2.15 bits per heavy atom. The molecule has 20 heavy (non-hydrogen) atoms. The lowest BCUT2D eigenvalue weighted by atomic mass is 10.0. The number of nitrogens with one attached hydrogen (secondary N) is 1. The van der Waals surface area contributed by atoms with E-state index < -0.39 is 0 Å². The molecule has 1 aliphatic heterocycles. The van der Waals surface area contributed by atoms with E-state index in [0.717, 1.165) is 19.3 Å². The van der Waals surface area contributed by atoms with E-state index in [4.69, 9.17) is 0 Å². The predicted octanol–water partition coefficient (Wildman–Crippen LogP) is 3.93. The van der Waals surface area contributed by atoms with E-state index in [2.05, 4.69) is 41.6 Å². The molecule has 1 amide bonds. The van der Waals surface area contributed by atoms with E-state index in [1.54, 1.807) is 11.3 Å². The van der Waals surface area contributed by atoms with Gasteiger partial charge < -0.3 is 4.90 Å². The van der Waals surface area contributed by atoms with Crippen LogP contribution in [0.15, 0.2) is 17.5 Å². The van der Waals surface area contributed by atoms with Crippen molar-refractivity contribution < 1.29 is 4.79 Å². The Hall–Kier alpha value is -0.870. The van der Waals surface area contributed by atoms with Gasteiger partial charge in [0.05, 0.1) is 6.04 Å². The number of unbranched alkanes of at least 4 members (excludes halogenated alkanes) is 1. The van der Waals surface area contributed by atoms with Crippen molar-refractivity contribution in [1.82, 2.24) is 10.2 Å². The lowest BCUT2D eigenvalue weighted by Gasteiger charge is -2.32. The molecule has 3 atom stereocenters. The van der Waals surface area contributed by atoms with Crippen LogP contribution in [0.3, 0.4) is 0 Å². The second kappa shape index (κ2) is 7.23. The lowest BCUT2D eigenvalue weighted by molar-refractivity contribution is -0.132. The van der Waals surface area contributed by atoms with Crippen LogP contribution in [0.4, 0.5) is 0 Å². The smallest absolute Gasteiger partial charge is 0.241 e. The third-order valence-electron chi connectivity index (χ3n) is 4.03. The number of hydrogen-bond donors (Lipinski definition) is 1. The number of hydrogen-bond acceptors (Lipinski definition) is 3. The molecule has 1 aliphatic rings. The van der Waals surface area contributed by atoms with Gasteiger partial charge in [-0.15, -0.1) is 11.3 Å². The molecule has 3 nitrogen and oxygen atoms in total. The minimum atomic E-state index is -0.0666. The molecule has 0 aromatic carbocycles. The monoisotopic (exact) mass is 294 g/mol. The summed E-state index contributed by atoms with van der Waals surface area (Å²) in [6.45, 7) is 6.40. The molecule has 3 unspecified atom stereocenters. The Labute approximate surface area is 126 Å². The van der Waals surface area contributed by atoms with Crippen LogP contribution in [0.25, 0.3) is 0 Å². The molecule has 4 heteroatoms. The summed E-state index contributed by atoms with van der Waals surface area (Å²) in [7, 11) is 0. The van der Waals surface area contributed by atoms with E-state index in [-0.39, 0.29) is 18.1 Å². The van der Waals surface area contributed by atoms with Gasteiger partial charge in [0.1, 0.15) is 6.17 Å². The number of amides is 1. The largest absolute Gasteiger partial charge is 0.318 e. The predicted molar refractivity (Wildman–Crippen MR) is 84.7 cm³/mol. The normalized spacial score (nSPS) is 24.4. The lowest BCUT2D eigenvalue weighted by Crippen LogP contribution is -2.39. The number of nitrogens with zero attached hydrogens (tertiary/aromatic N) is 1. The van der Waals surface area contributed by atoms with E-state index in [9.17, 15) is 4.79 Å². The molecule has 0 saturated carbocycles. The minimum absolute atomic E-state index is 0.0666. The highest BCUT2D eigenvalue weighted by molar-refractivity contribution is 7.10. The zero-order valence-electron chi connectivity index (χ0n) is 12.8. The molecule has 2 rings (SSSR count). The van der Waals surface area contributed by atoms with Gasteiger partial charge in [0.2, 0.25) is 5.91 Å². The molecule has 1 aromatic rings. The van der Waals surface area contributed by atoms with Gasteiger partial charge in [-0.25, -0.2) is 0 Å². The van der Waals surface area contributed by atoms with Crippen LogP contribution < -0.4 is 5.32 Å². The van der Waals surface area contributed by atoms with Crippen molar-refractivity contribution in [2.75, 3.05) is 0 Å². The molecular formula is C16H26N2OS. The van der Waals surface area contributed by atoms with Gasteiger partial charge in [-0.3, -0.25) is 10.1 Å². The first-order valence-corrected chi connectivity index (χ1v) is 8.68. The van der Waals surface area contributed by atoms with Gasteiger partial charge in [0.15, 0.2) is 0 Å². The minimum Gasteiger partial charge on any atom is -0.318 e. The van der Waals surface area contributed by atoms with E-state index in [1.165, 1.54) is 17.7 Å². The Balaban J connectivity index is 2.20. The van der Waals surface area contributed by atoms with Crippen LogP contribution in [0.2, 0.25) is 0 Å². The summed E-state index contributed by atoms with van der Waals surface area (Å²) in [5.41, 5.74) is 0. The first kappa shape index (κ1) is 15.5. The number of thiophene rings is 1. The fraction of sp³-hybridized carbons (Fsp3) is 0.688. The maximum atomic E-state index is 12.6. The van der Waals surface area contributed by atoms with Crippen LogP contribution >= 0.6 is 11.3 Å². The van der Waals surface area contributed by atoms with Gasteiger partial charge in [-0.2, -0.15) is 0 Å². The fourth-order valence-electron chi connectivity index (χ4n) is 2.99. The van der Waals surface area contributed by atoms with Gasteiger partial charge in [-0.05, 0) is 31.2 Å². The Morgan fingerprint density at radius 1 is 1.35 bits per heavy atom. The number of carbonyl (C=O) groups excluding carboxylic acids is 1. The maximum Gasteiger partial charge on any atom is 0.241 e. The summed E-state index contributed by atoms with van der Waals surface area (Å²) in [5.74, 6) is 0.262. The standard InChI is InChI=1S/C16H26N2OS/c1-4-6-9-13(8-5-2)18-15(14-10-7-11-20-14)17-12(3)16(18)19/h7,10-13,15,17H,4-6,8-9H2,1-3H3. The summed E-state index contributed by atoms with van der Waals surface area (Å²) in [5, 5.41) is 5.55. The van der Waals surface area contributed by atoms with Crippen molar-refractivity contribution >= 4 is 17.2 Å². The molecule has 0 bridgehead atoms. The summed E-state index contributed by atoms with van der Waals surface area (Å²) < 4.78 is 0. The second-order valence-electron chi connectivity index (χ2n) is 5.64. The summed E-state index contributed by atoms with van der Waals surface area (Å²) in [4.78, 5) is 15.9. The van der Waals surface area contributed by atoms with Crippen LogP contribution in [0.5, 0.6) is 0 Å². The highest BCUT2D eigenvalue weighted by Gasteiger charge is 2.40. The Kier molecular flexibility index (Phi) is 5.61. The van der Waals surface area contributed by atoms with Crippen molar-refractivity contribution in [2.45, 2.75) is 71.1 Å². The van der Waals surface area contributed by atoms with E-state index >= 15 is 0 Å². The van der Waals surface area contributed by atoms with Crippen molar-refractivity contribution in [3.8, 4) is 0 Å². The molecule has 0 radical (unpaired) electrons. The Bertz CT molecular complexity index is 418. The van der Waals surface area contributed by atoms with Crippen LogP contribution in [0, 0.1) is 0 Å². The summed E-state index contributed by atoms with van der Waals surface area (Å²) in [6, 6.07) is 4.50. The van der Waals surface area contributed by atoms with Crippen molar-refractivity contribution in [3.05, 3.63) is 22.4 Å². The fourth-order valence-corrected chi connectivity index (χ4v) is 3.77. The third kappa shape index (κ3) is 3.23. The van der Waals surface area contributed by atoms with Crippen LogP contribution in [-0.4, -0.2) is 22.9 Å². The van der Waals surface area contributed by atoms with Crippen molar-refractivity contribution in [2.24, 2.45) is 0 Å². The highest BCUT2D eigenvalue weighted by atomic mass is 32.1. The van der Waals surface area contributed by atoms with Gasteiger partial charge in [0, 0.05) is 10.9 Å². The topological polar surface area (TPSA) is 32.3 Å². The molecule has 1 saturated heterocycles. The van der Waals surface area contributed by atoms with E-state index in [0.29, 0.717) is 6.04 Å². The number of rotatable bonds is 7. The van der Waals surface area contributed by atoms with Gasteiger partial charge in [0.25, 0.3) is 0 Å². The molecule has 0 aliphatic carbocycles. The average molecular weight is 294 g/mol. The molecule has 112 valence electrons. The third-order valence-corrected chi connectivity index (χ3v) is 4.95. The highest BCUT2D eigenvalue weighted by Crippen LogP contribution is 2.33. The molecule has 1 fully saturated rings. The molecule has 1 N–H and O–H groups in total. The SMILES string of the molecule is CCCCC(CCC)N1C(=O)C(C)NC1c1cccs1. The number of carbonyl (C=O) groups is 1. The quantitative estimate of drug-likeness (QED) is 0.826. The van der Waals surface area contributed by atoms with E-state index in [1.807, 2.05) is 6.92 Å². The average Bonchev–Trinajstić information content (AvgIpc) is 3.05. The summed E-state index contributed by atoms with van der Waals surface area (Å²) >= 11 is 1.73. The zero-order chi connectivity index (χ0) is 14.5. The first-order chi connectivity index (χ1) is 9.69. The van der Waals surface area contributed by atoms with Gasteiger partial charge in [-0.1, -0.05) is 39.2 Å². The van der Waals surface area contributed by atoms with Crippen LogP contribution in [-0.2, 0) is 4.79 Å².